The fourth-order valence-corrected chi connectivity index (χ4v) is 1.77. The standard InChI is InChI=1S/C12H8ClN5O/c13-10-6-15-11(7-14-10)17-12(19)8-5-16-18-4-2-1-3-9(8)18/h1-7H,(H,15,17,19). The van der Waals surface area contributed by atoms with Crippen LogP contribution in [-0.2, 0) is 0 Å². The molecular formula is C12H8ClN5O. The summed E-state index contributed by atoms with van der Waals surface area (Å²) in [5, 5.41) is 7.01. The van der Waals surface area contributed by atoms with Crippen molar-refractivity contribution in [1.82, 2.24) is 19.6 Å². The molecule has 3 aromatic heterocycles. The summed E-state index contributed by atoms with van der Waals surface area (Å²) in [5.41, 5.74) is 1.19. The van der Waals surface area contributed by atoms with Crippen LogP contribution in [0.15, 0.2) is 43.0 Å². The molecule has 3 aromatic rings. The summed E-state index contributed by atoms with van der Waals surface area (Å²) in [7, 11) is 0. The number of anilines is 1. The summed E-state index contributed by atoms with van der Waals surface area (Å²) in [4.78, 5) is 19.9. The van der Waals surface area contributed by atoms with E-state index in [1.54, 1.807) is 10.7 Å². The fraction of sp³-hybridized carbons (Fsp3) is 0. The third kappa shape index (κ3) is 2.25. The van der Waals surface area contributed by atoms with Crippen molar-refractivity contribution in [3.8, 4) is 0 Å². The Labute approximate surface area is 113 Å². The number of nitrogens with zero attached hydrogens (tertiary/aromatic N) is 4. The maximum Gasteiger partial charge on any atom is 0.260 e. The SMILES string of the molecule is O=C(Nc1cnc(Cl)cn1)c1cnn2ccccc12. The molecular weight excluding hydrogens is 266 g/mol. The zero-order valence-electron chi connectivity index (χ0n) is 9.62. The first-order chi connectivity index (χ1) is 9.24. The van der Waals surface area contributed by atoms with Crippen LogP contribution in [0.2, 0.25) is 5.15 Å². The Hall–Kier alpha value is -2.47. The van der Waals surface area contributed by atoms with Crippen molar-refractivity contribution in [3.63, 3.8) is 0 Å². The lowest BCUT2D eigenvalue weighted by Gasteiger charge is -2.02. The van der Waals surface area contributed by atoms with Crippen molar-refractivity contribution < 1.29 is 4.79 Å². The van der Waals surface area contributed by atoms with Gasteiger partial charge in [-0.3, -0.25) is 4.79 Å². The highest BCUT2D eigenvalue weighted by atomic mass is 35.5. The van der Waals surface area contributed by atoms with Gasteiger partial charge < -0.3 is 5.32 Å². The first kappa shape index (κ1) is 11.6. The largest absolute Gasteiger partial charge is 0.305 e. The van der Waals surface area contributed by atoms with Gasteiger partial charge in [0.25, 0.3) is 5.91 Å². The van der Waals surface area contributed by atoms with Crippen LogP contribution in [0.25, 0.3) is 5.52 Å². The van der Waals surface area contributed by atoms with Gasteiger partial charge in [-0.1, -0.05) is 17.7 Å². The summed E-state index contributed by atoms with van der Waals surface area (Å²) < 4.78 is 1.63. The zero-order chi connectivity index (χ0) is 13.2. The number of halogens is 1. The summed E-state index contributed by atoms with van der Waals surface area (Å²) >= 11 is 5.63. The fourth-order valence-electron chi connectivity index (χ4n) is 1.67. The van der Waals surface area contributed by atoms with Crippen LogP contribution in [-0.4, -0.2) is 25.5 Å². The van der Waals surface area contributed by atoms with E-state index in [-0.39, 0.29) is 11.1 Å². The molecule has 0 aliphatic carbocycles. The summed E-state index contributed by atoms with van der Waals surface area (Å²) in [5.74, 6) is 0.0440. The van der Waals surface area contributed by atoms with E-state index in [1.807, 2.05) is 18.2 Å². The molecule has 0 radical (unpaired) electrons. The molecule has 0 fully saturated rings. The molecule has 0 atom stereocenters. The normalized spacial score (nSPS) is 10.6. The van der Waals surface area contributed by atoms with E-state index in [0.29, 0.717) is 11.4 Å². The number of carbonyl (C=O) groups excluding carboxylic acids is 1. The van der Waals surface area contributed by atoms with Crippen molar-refractivity contribution in [2.45, 2.75) is 0 Å². The van der Waals surface area contributed by atoms with Crippen LogP contribution in [0.4, 0.5) is 5.82 Å². The molecule has 0 bridgehead atoms. The lowest BCUT2D eigenvalue weighted by molar-refractivity contribution is 0.102. The molecule has 0 aromatic carbocycles. The zero-order valence-corrected chi connectivity index (χ0v) is 10.4. The van der Waals surface area contributed by atoms with Gasteiger partial charge in [-0.05, 0) is 12.1 Å². The summed E-state index contributed by atoms with van der Waals surface area (Å²) in [6.07, 6.45) is 6.04. The minimum atomic E-state index is -0.294. The first-order valence-electron chi connectivity index (χ1n) is 5.45. The monoisotopic (exact) mass is 273 g/mol. The van der Waals surface area contributed by atoms with Crippen molar-refractivity contribution >= 4 is 28.8 Å². The second-order valence-electron chi connectivity index (χ2n) is 3.77. The molecule has 0 saturated heterocycles. The highest BCUT2D eigenvalue weighted by Gasteiger charge is 2.12. The third-order valence-electron chi connectivity index (χ3n) is 2.53. The molecule has 7 heteroatoms. The molecule has 6 nitrogen and oxygen atoms in total. The quantitative estimate of drug-likeness (QED) is 0.775. The molecule has 0 aliphatic rings. The van der Waals surface area contributed by atoms with Crippen LogP contribution in [0, 0.1) is 0 Å². The van der Waals surface area contributed by atoms with Crippen molar-refractivity contribution in [3.05, 3.63) is 53.7 Å². The molecule has 0 aliphatic heterocycles. The minimum Gasteiger partial charge on any atom is -0.305 e. The van der Waals surface area contributed by atoms with Gasteiger partial charge in [0, 0.05) is 6.20 Å². The van der Waals surface area contributed by atoms with E-state index in [0.717, 1.165) is 5.52 Å². The number of rotatable bonds is 2. The molecule has 3 rings (SSSR count). The number of amides is 1. The van der Waals surface area contributed by atoms with Gasteiger partial charge in [-0.25, -0.2) is 14.5 Å². The van der Waals surface area contributed by atoms with Gasteiger partial charge in [0.15, 0.2) is 5.82 Å². The van der Waals surface area contributed by atoms with Gasteiger partial charge in [-0.15, -0.1) is 0 Å². The summed E-state index contributed by atoms with van der Waals surface area (Å²) in [6, 6.07) is 5.50. The van der Waals surface area contributed by atoms with Gasteiger partial charge in [0.1, 0.15) is 5.15 Å². The van der Waals surface area contributed by atoms with Crippen molar-refractivity contribution in [1.29, 1.82) is 0 Å². The van der Waals surface area contributed by atoms with Gasteiger partial charge in [0.05, 0.1) is 29.7 Å². The minimum absolute atomic E-state index is 0.272. The highest BCUT2D eigenvalue weighted by molar-refractivity contribution is 6.29. The first-order valence-corrected chi connectivity index (χ1v) is 5.83. The molecule has 0 spiro atoms. The molecule has 0 unspecified atom stereocenters. The average molecular weight is 274 g/mol. The van der Waals surface area contributed by atoms with Crippen LogP contribution < -0.4 is 5.32 Å². The van der Waals surface area contributed by atoms with Crippen LogP contribution >= 0.6 is 11.6 Å². The Bertz CT molecular complexity index is 737. The number of nitrogens with one attached hydrogen (secondary N) is 1. The van der Waals surface area contributed by atoms with Gasteiger partial charge >= 0.3 is 0 Å². The van der Waals surface area contributed by atoms with Crippen molar-refractivity contribution in [2.75, 3.05) is 5.32 Å². The highest BCUT2D eigenvalue weighted by Crippen LogP contribution is 2.12. The van der Waals surface area contributed by atoms with Crippen LogP contribution in [0.3, 0.4) is 0 Å². The number of fused-ring (bicyclic) bond motifs is 1. The second kappa shape index (κ2) is 4.66. The van der Waals surface area contributed by atoms with E-state index < -0.39 is 0 Å². The van der Waals surface area contributed by atoms with E-state index in [9.17, 15) is 4.79 Å². The Kier molecular flexibility index (Phi) is 2.85. The average Bonchev–Trinajstić information content (AvgIpc) is 2.85. The molecule has 3 heterocycles. The number of aromatic nitrogens is 4. The predicted molar refractivity (Wildman–Crippen MR) is 70.2 cm³/mol. The van der Waals surface area contributed by atoms with Gasteiger partial charge in [-0.2, -0.15) is 5.10 Å². The summed E-state index contributed by atoms with van der Waals surface area (Å²) in [6.45, 7) is 0. The maximum absolute atomic E-state index is 12.1. The topological polar surface area (TPSA) is 72.2 Å². The van der Waals surface area contributed by atoms with E-state index in [1.165, 1.54) is 18.6 Å². The Balaban J connectivity index is 1.90. The molecule has 1 N–H and O–H groups in total. The maximum atomic E-state index is 12.1. The molecule has 19 heavy (non-hydrogen) atoms. The predicted octanol–water partition coefficient (Wildman–Crippen LogP) is 2.03. The van der Waals surface area contributed by atoms with Gasteiger partial charge in [0.2, 0.25) is 0 Å². The Morgan fingerprint density at radius 2 is 2.11 bits per heavy atom. The number of carbonyl (C=O) groups is 1. The van der Waals surface area contributed by atoms with Crippen LogP contribution in [0.1, 0.15) is 10.4 Å². The lowest BCUT2D eigenvalue weighted by Crippen LogP contribution is -2.12. The Morgan fingerprint density at radius 3 is 2.89 bits per heavy atom. The number of hydrogen-bond acceptors (Lipinski definition) is 4. The third-order valence-corrected chi connectivity index (χ3v) is 2.73. The Morgan fingerprint density at radius 1 is 1.21 bits per heavy atom. The second-order valence-corrected chi connectivity index (χ2v) is 4.15. The van der Waals surface area contributed by atoms with E-state index in [4.69, 9.17) is 11.6 Å². The van der Waals surface area contributed by atoms with Crippen molar-refractivity contribution in [2.24, 2.45) is 0 Å². The van der Waals surface area contributed by atoms with Crippen LogP contribution in [0.5, 0.6) is 0 Å². The molecule has 1 amide bonds. The number of pyridine rings is 1. The lowest BCUT2D eigenvalue weighted by atomic mass is 10.2. The molecule has 94 valence electrons. The van der Waals surface area contributed by atoms with E-state index in [2.05, 4.69) is 20.4 Å². The smallest absolute Gasteiger partial charge is 0.260 e. The van der Waals surface area contributed by atoms with E-state index >= 15 is 0 Å². The molecule has 0 saturated carbocycles. The number of hydrogen-bond donors (Lipinski definition) is 1.